The Bertz CT molecular complexity index is 316. The first-order valence-corrected chi connectivity index (χ1v) is 5.68. The van der Waals surface area contributed by atoms with Crippen molar-refractivity contribution in [1.29, 1.82) is 0 Å². The van der Waals surface area contributed by atoms with Crippen molar-refractivity contribution in [2.75, 3.05) is 31.7 Å². The molecule has 0 amide bonds. The van der Waals surface area contributed by atoms with Gasteiger partial charge in [-0.3, -0.25) is 4.98 Å². The van der Waals surface area contributed by atoms with Crippen molar-refractivity contribution in [2.24, 2.45) is 0 Å². The lowest BCUT2D eigenvalue weighted by molar-refractivity contribution is -0.0818. The largest absolute Gasteiger partial charge is 0.381 e. The number of anilines is 1. The first-order valence-electron chi connectivity index (χ1n) is 4.89. The highest BCUT2D eigenvalue weighted by atomic mass is 79.9. The predicted molar refractivity (Wildman–Crippen MR) is 61.0 cm³/mol. The average molecular weight is 273 g/mol. The van der Waals surface area contributed by atoms with Crippen LogP contribution in [0.25, 0.3) is 0 Å². The van der Waals surface area contributed by atoms with Crippen molar-refractivity contribution in [3.8, 4) is 0 Å². The van der Waals surface area contributed by atoms with Gasteiger partial charge < -0.3 is 14.8 Å². The second kappa shape index (κ2) is 5.44. The molecule has 1 saturated heterocycles. The molecule has 0 saturated carbocycles. The number of aromatic nitrogens is 1. The maximum absolute atomic E-state index is 5.52. The summed E-state index contributed by atoms with van der Waals surface area (Å²) >= 11 is 3.42. The van der Waals surface area contributed by atoms with Crippen molar-refractivity contribution in [3.05, 3.63) is 22.9 Å². The maximum Gasteiger partial charge on any atom is 0.0981 e. The summed E-state index contributed by atoms with van der Waals surface area (Å²) in [6, 6.07) is 1.92. The molecule has 15 heavy (non-hydrogen) atoms. The lowest BCUT2D eigenvalue weighted by Gasteiger charge is -2.23. The molecule has 2 heterocycles. The molecule has 1 aliphatic rings. The van der Waals surface area contributed by atoms with Crippen molar-refractivity contribution < 1.29 is 9.47 Å². The molecule has 1 aromatic heterocycles. The fourth-order valence-corrected chi connectivity index (χ4v) is 1.79. The van der Waals surface area contributed by atoms with Gasteiger partial charge in [0.05, 0.1) is 36.1 Å². The molecule has 0 aromatic carbocycles. The van der Waals surface area contributed by atoms with Gasteiger partial charge in [0.2, 0.25) is 0 Å². The van der Waals surface area contributed by atoms with Crippen LogP contribution >= 0.6 is 15.9 Å². The molecule has 5 heteroatoms. The monoisotopic (exact) mass is 272 g/mol. The summed E-state index contributed by atoms with van der Waals surface area (Å²) in [5.74, 6) is 0. The molecule has 0 aliphatic carbocycles. The number of hydrogen-bond acceptors (Lipinski definition) is 4. The van der Waals surface area contributed by atoms with Crippen molar-refractivity contribution in [1.82, 2.24) is 4.98 Å². The summed E-state index contributed by atoms with van der Waals surface area (Å²) in [6.45, 7) is 2.80. The lowest BCUT2D eigenvalue weighted by atomic mass is 10.3. The molecule has 1 aromatic rings. The van der Waals surface area contributed by atoms with Crippen LogP contribution in [0.2, 0.25) is 0 Å². The highest BCUT2D eigenvalue weighted by Gasteiger charge is 2.13. The number of nitrogens with zero attached hydrogens (tertiary/aromatic N) is 1. The van der Waals surface area contributed by atoms with Gasteiger partial charge in [-0.1, -0.05) is 0 Å². The smallest absolute Gasteiger partial charge is 0.0981 e. The molecule has 2 rings (SSSR count). The summed E-state index contributed by atoms with van der Waals surface area (Å²) in [4.78, 5) is 4.00. The van der Waals surface area contributed by atoms with Gasteiger partial charge in [-0.25, -0.2) is 0 Å². The van der Waals surface area contributed by atoms with Crippen molar-refractivity contribution in [3.63, 3.8) is 0 Å². The minimum absolute atomic E-state index is 0.138. The lowest BCUT2D eigenvalue weighted by Crippen LogP contribution is -2.34. The predicted octanol–water partition coefficient (Wildman–Crippen LogP) is 1.67. The summed E-state index contributed by atoms with van der Waals surface area (Å²) in [5.41, 5.74) is 1.03. The van der Waals surface area contributed by atoms with Crippen LogP contribution in [0, 0.1) is 0 Å². The minimum Gasteiger partial charge on any atom is -0.381 e. The Morgan fingerprint density at radius 3 is 3.20 bits per heavy atom. The SMILES string of the molecule is Brc1cnccc1NCC1COCCO1. The van der Waals surface area contributed by atoms with Crippen LogP contribution in [-0.2, 0) is 9.47 Å². The van der Waals surface area contributed by atoms with Gasteiger partial charge in [0.15, 0.2) is 0 Å². The first kappa shape index (κ1) is 10.9. The Balaban J connectivity index is 1.84. The Labute approximate surface area is 97.1 Å². The van der Waals surface area contributed by atoms with E-state index in [9.17, 15) is 0 Å². The zero-order valence-corrected chi connectivity index (χ0v) is 9.87. The molecule has 1 atom stereocenters. The van der Waals surface area contributed by atoms with Gasteiger partial charge >= 0.3 is 0 Å². The van der Waals surface area contributed by atoms with E-state index in [0.29, 0.717) is 19.8 Å². The molecule has 1 aliphatic heterocycles. The van der Waals surface area contributed by atoms with Gasteiger partial charge in [0.25, 0.3) is 0 Å². The van der Waals surface area contributed by atoms with E-state index in [2.05, 4.69) is 26.2 Å². The summed E-state index contributed by atoms with van der Waals surface area (Å²) in [7, 11) is 0. The number of ether oxygens (including phenoxy) is 2. The fourth-order valence-electron chi connectivity index (χ4n) is 1.40. The molecular formula is C10H13BrN2O2. The van der Waals surface area contributed by atoms with Crippen LogP contribution in [0.4, 0.5) is 5.69 Å². The van der Waals surface area contributed by atoms with Crippen molar-refractivity contribution in [2.45, 2.75) is 6.10 Å². The number of nitrogens with one attached hydrogen (secondary N) is 1. The summed E-state index contributed by atoms with van der Waals surface area (Å²) in [6.07, 6.45) is 3.66. The third kappa shape index (κ3) is 3.15. The minimum atomic E-state index is 0.138. The number of rotatable bonds is 3. The molecule has 0 radical (unpaired) electrons. The Kier molecular flexibility index (Phi) is 3.94. The second-order valence-corrected chi connectivity index (χ2v) is 4.16. The molecule has 1 N–H and O–H groups in total. The zero-order valence-electron chi connectivity index (χ0n) is 8.28. The standard InChI is InChI=1S/C10H13BrN2O2/c11-9-6-12-2-1-10(9)13-5-8-7-14-3-4-15-8/h1-2,6,8H,3-5,7H2,(H,12,13). The molecule has 1 fully saturated rings. The first-order chi connectivity index (χ1) is 7.36. The van der Waals surface area contributed by atoms with Gasteiger partial charge in [0.1, 0.15) is 0 Å². The molecular weight excluding hydrogens is 260 g/mol. The third-order valence-electron chi connectivity index (χ3n) is 2.18. The molecule has 1 unspecified atom stereocenters. The normalized spacial score (nSPS) is 21.3. The third-order valence-corrected chi connectivity index (χ3v) is 2.81. The van der Waals surface area contributed by atoms with Crippen LogP contribution < -0.4 is 5.32 Å². The molecule has 0 bridgehead atoms. The Morgan fingerprint density at radius 1 is 1.53 bits per heavy atom. The van der Waals surface area contributed by atoms with Crippen LogP contribution in [0.1, 0.15) is 0 Å². The van der Waals surface area contributed by atoms with Gasteiger partial charge in [0, 0.05) is 18.9 Å². The van der Waals surface area contributed by atoms with Crippen LogP contribution in [-0.4, -0.2) is 37.5 Å². The summed E-state index contributed by atoms with van der Waals surface area (Å²) < 4.78 is 11.8. The average Bonchev–Trinajstić information content (AvgIpc) is 2.29. The Morgan fingerprint density at radius 2 is 2.47 bits per heavy atom. The van der Waals surface area contributed by atoms with Gasteiger partial charge in [-0.05, 0) is 22.0 Å². The Hall–Kier alpha value is -0.650. The van der Waals surface area contributed by atoms with E-state index in [0.717, 1.165) is 16.7 Å². The second-order valence-electron chi connectivity index (χ2n) is 3.30. The summed E-state index contributed by atoms with van der Waals surface area (Å²) in [5, 5.41) is 3.29. The number of hydrogen-bond donors (Lipinski definition) is 1. The van der Waals surface area contributed by atoms with E-state index in [1.807, 2.05) is 6.07 Å². The molecule has 0 spiro atoms. The van der Waals surface area contributed by atoms with Crippen LogP contribution in [0.5, 0.6) is 0 Å². The highest BCUT2D eigenvalue weighted by Crippen LogP contribution is 2.19. The van der Waals surface area contributed by atoms with Crippen LogP contribution in [0.15, 0.2) is 22.9 Å². The number of halogens is 1. The van der Waals surface area contributed by atoms with Gasteiger partial charge in [-0.15, -0.1) is 0 Å². The topological polar surface area (TPSA) is 43.4 Å². The molecule has 4 nitrogen and oxygen atoms in total. The van der Waals surface area contributed by atoms with E-state index in [4.69, 9.17) is 9.47 Å². The van der Waals surface area contributed by atoms with Gasteiger partial charge in [-0.2, -0.15) is 0 Å². The van der Waals surface area contributed by atoms with E-state index >= 15 is 0 Å². The fraction of sp³-hybridized carbons (Fsp3) is 0.500. The van der Waals surface area contributed by atoms with Crippen LogP contribution in [0.3, 0.4) is 0 Å². The maximum atomic E-state index is 5.52. The molecule has 82 valence electrons. The quantitative estimate of drug-likeness (QED) is 0.909. The van der Waals surface area contributed by atoms with E-state index in [1.165, 1.54) is 0 Å². The number of pyridine rings is 1. The zero-order chi connectivity index (χ0) is 10.5. The van der Waals surface area contributed by atoms with Crippen molar-refractivity contribution >= 4 is 21.6 Å². The highest BCUT2D eigenvalue weighted by molar-refractivity contribution is 9.10. The van der Waals surface area contributed by atoms with E-state index < -0.39 is 0 Å². The van der Waals surface area contributed by atoms with E-state index in [1.54, 1.807) is 12.4 Å². The van der Waals surface area contributed by atoms with E-state index in [-0.39, 0.29) is 6.10 Å².